The van der Waals surface area contributed by atoms with E-state index in [1.807, 2.05) is 19.1 Å². The maximum atomic E-state index is 9.45. The molecule has 1 unspecified atom stereocenters. The molecule has 1 rings (SSSR count). The molecule has 0 spiro atoms. The summed E-state index contributed by atoms with van der Waals surface area (Å²) in [4.78, 5) is 4.97. The number of hydrogen-bond acceptors (Lipinski definition) is 3. The van der Waals surface area contributed by atoms with Crippen LogP contribution in [0, 0.1) is 0 Å². The van der Waals surface area contributed by atoms with Crippen LogP contribution in [-0.4, -0.2) is 15.3 Å². The standard InChI is InChI=1S/C8H13N2OS/c1-2-12(11)8-4-3-7(5-9)10-6-8/h3-4,6,11H,2,5,9H2,1H3/q+1. The molecule has 1 aromatic heterocycles. The largest absolute Gasteiger partial charge is 0.325 e. The lowest BCUT2D eigenvalue weighted by Crippen LogP contribution is -2.05. The Kier molecular flexibility index (Phi) is 3.52. The topological polar surface area (TPSA) is 59.1 Å². The van der Waals surface area contributed by atoms with Gasteiger partial charge < -0.3 is 5.73 Å². The zero-order valence-electron chi connectivity index (χ0n) is 7.03. The highest BCUT2D eigenvalue weighted by Crippen LogP contribution is 2.09. The Labute approximate surface area is 75.2 Å². The first-order valence-electron chi connectivity index (χ1n) is 3.83. The second-order valence-electron chi connectivity index (χ2n) is 2.34. The molecule has 1 atom stereocenters. The number of aromatic nitrogens is 1. The minimum absolute atomic E-state index is 0.450. The minimum atomic E-state index is -0.654. The first kappa shape index (κ1) is 9.51. The molecule has 0 amide bonds. The predicted molar refractivity (Wildman–Crippen MR) is 50.9 cm³/mol. The van der Waals surface area contributed by atoms with Crippen molar-refractivity contribution in [1.29, 1.82) is 0 Å². The van der Waals surface area contributed by atoms with Crippen LogP contribution in [0.15, 0.2) is 23.2 Å². The van der Waals surface area contributed by atoms with Gasteiger partial charge in [-0.05, 0) is 19.1 Å². The van der Waals surface area contributed by atoms with Crippen LogP contribution < -0.4 is 5.73 Å². The van der Waals surface area contributed by atoms with Gasteiger partial charge in [0.1, 0.15) is 5.75 Å². The summed E-state index contributed by atoms with van der Waals surface area (Å²) >= 11 is -0.654. The molecule has 0 fully saturated rings. The van der Waals surface area contributed by atoms with E-state index in [9.17, 15) is 4.55 Å². The molecule has 0 aliphatic rings. The van der Waals surface area contributed by atoms with Gasteiger partial charge >= 0.3 is 0 Å². The Morgan fingerprint density at radius 2 is 2.33 bits per heavy atom. The molecule has 0 saturated heterocycles. The second kappa shape index (κ2) is 4.45. The van der Waals surface area contributed by atoms with E-state index in [0.29, 0.717) is 6.54 Å². The summed E-state index contributed by atoms with van der Waals surface area (Å²) in [5.74, 6) is 0.740. The first-order valence-corrected chi connectivity index (χ1v) is 5.18. The van der Waals surface area contributed by atoms with Crippen LogP contribution in [0.5, 0.6) is 0 Å². The molecule has 66 valence electrons. The van der Waals surface area contributed by atoms with E-state index < -0.39 is 11.2 Å². The van der Waals surface area contributed by atoms with Crippen LogP contribution in [0.25, 0.3) is 0 Å². The van der Waals surface area contributed by atoms with Crippen molar-refractivity contribution >= 4 is 11.2 Å². The lowest BCUT2D eigenvalue weighted by Gasteiger charge is -1.97. The minimum Gasteiger partial charge on any atom is -0.325 e. The third-order valence-corrected chi connectivity index (χ3v) is 2.88. The van der Waals surface area contributed by atoms with E-state index in [1.54, 1.807) is 6.20 Å². The molecule has 0 aromatic carbocycles. The number of hydrogen-bond donors (Lipinski definition) is 2. The lowest BCUT2D eigenvalue weighted by molar-refractivity contribution is 0.639. The molecule has 1 heterocycles. The highest BCUT2D eigenvalue weighted by atomic mass is 32.2. The summed E-state index contributed by atoms with van der Waals surface area (Å²) in [6, 6.07) is 3.73. The monoisotopic (exact) mass is 185 g/mol. The van der Waals surface area contributed by atoms with Gasteiger partial charge in [0.15, 0.2) is 11.2 Å². The summed E-state index contributed by atoms with van der Waals surface area (Å²) in [5.41, 5.74) is 6.24. The Balaban J connectivity index is 2.77. The van der Waals surface area contributed by atoms with Crippen molar-refractivity contribution in [2.45, 2.75) is 18.4 Å². The molecular formula is C8H13N2OS+. The van der Waals surface area contributed by atoms with Crippen LogP contribution in [-0.2, 0) is 17.7 Å². The molecule has 3 N–H and O–H groups in total. The van der Waals surface area contributed by atoms with Gasteiger partial charge in [0, 0.05) is 6.54 Å². The molecule has 1 aromatic rings. The van der Waals surface area contributed by atoms with Crippen molar-refractivity contribution in [3.8, 4) is 0 Å². The van der Waals surface area contributed by atoms with E-state index in [4.69, 9.17) is 5.73 Å². The van der Waals surface area contributed by atoms with Crippen LogP contribution >= 0.6 is 0 Å². The van der Waals surface area contributed by atoms with Gasteiger partial charge in [0.05, 0.1) is 11.9 Å². The summed E-state index contributed by atoms with van der Waals surface area (Å²) < 4.78 is 9.45. The molecule has 0 radical (unpaired) electrons. The van der Waals surface area contributed by atoms with Gasteiger partial charge in [0.2, 0.25) is 4.90 Å². The fourth-order valence-corrected chi connectivity index (χ4v) is 1.57. The number of nitrogens with zero attached hydrogens (tertiary/aromatic N) is 1. The molecule has 3 nitrogen and oxygen atoms in total. The molecular weight excluding hydrogens is 172 g/mol. The van der Waals surface area contributed by atoms with Crippen LogP contribution in [0.4, 0.5) is 0 Å². The van der Waals surface area contributed by atoms with Gasteiger partial charge in [-0.25, -0.2) is 0 Å². The van der Waals surface area contributed by atoms with Gasteiger partial charge in [0.25, 0.3) is 0 Å². The molecule has 0 saturated carbocycles. The fraction of sp³-hybridized carbons (Fsp3) is 0.375. The molecule has 0 bridgehead atoms. The van der Waals surface area contributed by atoms with Crippen molar-refractivity contribution in [3.05, 3.63) is 24.0 Å². The normalized spacial score (nSPS) is 12.9. The summed E-state index contributed by atoms with van der Waals surface area (Å²) in [6.45, 7) is 2.39. The SMILES string of the molecule is CC[S+](O)c1ccc(CN)nc1. The van der Waals surface area contributed by atoms with E-state index in [0.717, 1.165) is 16.3 Å². The third-order valence-electron chi connectivity index (χ3n) is 1.55. The van der Waals surface area contributed by atoms with E-state index >= 15 is 0 Å². The number of nitrogens with two attached hydrogens (primary N) is 1. The van der Waals surface area contributed by atoms with Gasteiger partial charge in [-0.15, -0.1) is 0 Å². The Morgan fingerprint density at radius 3 is 2.75 bits per heavy atom. The Bertz CT molecular complexity index is 237. The summed E-state index contributed by atoms with van der Waals surface area (Å²) in [6.07, 6.45) is 1.69. The smallest absolute Gasteiger partial charge is 0.208 e. The zero-order chi connectivity index (χ0) is 8.97. The van der Waals surface area contributed by atoms with Crippen molar-refractivity contribution in [3.63, 3.8) is 0 Å². The predicted octanol–water partition coefficient (Wildman–Crippen LogP) is 1.01. The Morgan fingerprint density at radius 1 is 1.58 bits per heavy atom. The number of pyridine rings is 1. The maximum Gasteiger partial charge on any atom is 0.208 e. The van der Waals surface area contributed by atoms with Crippen LogP contribution in [0.2, 0.25) is 0 Å². The maximum absolute atomic E-state index is 9.45. The quantitative estimate of drug-likeness (QED) is 0.691. The number of rotatable bonds is 3. The van der Waals surface area contributed by atoms with E-state index in [-0.39, 0.29) is 0 Å². The average molecular weight is 185 g/mol. The van der Waals surface area contributed by atoms with Gasteiger partial charge in [-0.3, -0.25) is 4.98 Å². The van der Waals surface area contributed by atoms with Crippen LogP contribution in [0.3, 0.4) is 0 Å². The second-order valence-corrected chi connectivity index (χ2v) is 4.12. The van der Waals surface area contributed by atoms with Gasteiger partial charge in [-0.1, -0.05) is 0 Å². The van der Waals surface area contributed by atoms with Gasteiger partial charge in [-0.2, -0.15) is 4.55 Å². The molecule has 0 aliphatic carbocycles. The lowest BCUT2D eigenvalue weighted by atomic mass is 10.4. The summed E-state index contributed by atoms with van der Waals surface area (Å²) in [7, 11) is 0. The van der Waals surface area contributed by atoms with Crippen molar-refractivity contribution in [2.24, 2.45) is 5.73 Å². The fourth-order valence-electron chi connectivity index (χ4n) is 0.838. The highest BCUT2D eigenvalue weighted by molar-refractivity contribution is 7.91. The first-order chi connectivity index (χ1) is 5.77. The third kappa shape index (κ3) is 2.20. The Hall–Kier alpha value is -0.580. The molecule has 12 heavy (non-hydrogen) atoms. The van der Waals surface area contributed by atoms with E-state index in [1.165, 1.54) is 0 Å². The molecule has 0 aliphatic heterocycles. The van der Waals surface area contributed by atoms with Crippen molar-refractivity contribution in [2.75, 3.05) is 5.75 Å². The van der Waals surface area contributed by atoms with Crippen LogP contribution in [0.1, 0.15) is 12.6 Å². The van der Waals surface area contributed by atoms with Crippen molar-refractivity contribution in [1.82, 2.24) is 4.98 Å². The average Bonchev–Trinajstić information content (AvgIpc) is 2.17. The van der Waals surface area contributed by atoms with E-state index in [2.05, 4.69) is 4.98 Å². The summed E-state index contributed by atoms with van der Waals surface area (Å²) in [5, 5.41) is 0. The highest BCUT2D eigenvalue weighted by Gasteiger charge is 2.15. The zero-order valence-corrected chi connectivity index (χ0v) is 7.84. The molecule has 4 heteroatoms. The van der Waals surface area contributed by atoms with Crippen molar-refractivity contribution < 1.29 is 4.55 Å².